The minimum Gasteiger partial charge on any atom is -0.300 e. The Morgan fingerprint density at radius 3 is 3.08 bits per heavy atom. The third-order valence-corrected chi connectivity index (χ3v) is 4.60. The fourth-order valence-corrected chi connectivity index (χ4v) is 3.82. The third-order valence-electron chi connectivity index (χ3n) is 3.25. The normalized spacial score (nSPS) is 39.9. The van der Waals surface area contributed by atoms with Crippen LogP contribution in [0.1, 0.15) is 32.6 Å². The highest BCUT2D eigenvalue weighted by atomic mass is 32.2. The maximum atomic E-state index is 10.9. The van der Waals surface area contributed by atoms with Gasteiger partial charge in [0.25, 0.3) is 0 Å². The van der Waals surface area contributed by atoms with E-state index in [2.05, 4.69) is 11.8 Å². The molecule has 2 fully saturated rings. The quantitative estimate of drug-likeness (QED) is 0.656. The zero-order valence-corrected chi connectivity index (χ0v) is 8.45. The highest BCUT2D eigenvalue weighted by Crippen LogP contribution is 2.61. The number of carbonyl (C=O) groups excluding carboxylic acids is 1. The Labute approximate surface area is 78.3 Å². The van der Waals surface area contributed by atoms with Gasteiger partial charge in [0.2, 0.25) is 0 Å². The van der Waals surface area contributed by atoms with Gasteiger partial charge in [-0.1, -0.05) is 0 Å². The van der Waals surface area contributed by atoms with Gasteiger partial charge < -0.3 is 4.79 Å². The van der Waals surface area contributed by atoms with E-state index in [-0.39, 0.29) is 0 Å². The van der Waals surface area contributed by atoms with Gasteiger partial charge in [-0.2, -0.15) is 11.8 Å². The van der Waals surface area contributed by atoms with E-state index in [1.165, 1.54) is 30.8 Å². The molecule has 1 aliphatic carbocycles. The lowest BCUT2D eigenvalue weighted by molar-refractivity contribution is -0.117. The number of hydrogen-bond acceptors (Lipinski definition) is 2. The van der Waals surface area contributed by atoms with Crippen molar-refractivity contribution in [2.45, 2.75) is 32.6 Å². The van der Waals surface area contributed by atoms with Crippen LogP contribution in [0.2, 0.25) is 0 Å². The van der Waals surface area contributed by atoms with Crippen LogP contribution in [0.4, 0.5) is 0 Å². The zero-order chi connectivity index (χ0) is 8.60. The molecule has 1 nitrogen and oxygen atoms in total. The minimum absolute atomic E-state index is 0.382. The molecular formula is C10H16OS. The average Bonchev–Trinajstić information content (AvgIpc) is 2.63. The van der Waals surface area contributed by atoms with E-state index >= 15 is 0 Å². The Kier molecular flexibility index (Phi) is 2.19. The number of ketones is 1. The molecule has 1 saturated carbocycles. The lowest BCUT2D eigenvalue weighted by Crippen LogP contribution is -2.14. The maximum Gasteiger partial charge on any atom is 0.130 e. The standard InChI is InChI=1S/C10H16OS/c1-8(11)5-9-6-10(9)3-2-4-12-7-10/h9H,2-7H2,1H3. The van der Waals surface area contributed by atoms with Crippen LogP contribution >= 0.6 is 11.8 Å². The summed E-state index contributed by atoms with van der Waals surface area (Å²) in [4.78, 5) is 10.9. The molecule has 12 heavy (non-hydrogen) atoms. The monoisotopic (exact) mass is 184 g/mol. The lowest BCUT2D eigenvalue weighted by Gasteiger charge is -2.21. The van der Waals surface area contributed by atoms with E-state index in [0.29, 0.717) is 11.2 Å². The molecule has 1 aliphatic heterocycles. The summed E-state index contributed by atoms with van der Waals surface area (Å²) in [6, 6.07) is 0. The van der Waals surface area contributed by atoms with Crippen LogP contribution in [0.15, 0.2) is 0 Å². The molecule has 2 unspecified atom stereocenters. The van der Waals surface area contributed by atoms with Crippen molar-refractivity contribution < 1.29 is 4.79 Å². The Hall–Kier alpha value is 0.0200. The zero-order valence-electron chi connectivity index (χ0n) is 7.64. The summed E-state index contributed by atoms with van der Waals surface area (Å²) in [6.07, 6.45) is 4.94. The van der Waals surface area contributed by atoms with Crippen molar-refractivity contribution >= 4 is 17.5 Å². The molecule has 0 radical (unpaired) electrons. The van der Waals surface area contributed by atoms with Gasteiger partial charge in [-0.15, -0.1) is 0 Å². The van der Waals surface area contributed by atoms with E-state index in [1.807, 2.05) is 0 Å². The summed E-state index contributed by atoms with van der Waals surface area (Å²) in [6.45, 7) is 1.72. The first-order valence-corrected chi connectivity index (χ1v) is 5.96. The number of thioether (sulfide) groups is 1. The number of Topliss-reactive ketones (excluding diaryl/α,β-unsaturated/α-hetero) is 1. The van der Waals surface area contributed by atoms with Crippen LogP contribution in [0.5, 0.6) is 0 Å². The van der Waals surface area contributed by atoms with Crippen LogP contribution in [0.25, 0.3) is 0 Å². The molecule has 0 bridgehead atoms. The summed E-state index contributed by atoms with van der Waals surface area (Å²) in [7, 11) is 0. The molecule has 1 spiro atoms. The second-order valence-corrected chi connectivity index (χ2v) is 5.43. The van der Waals surface area contributed by atoms with Crippen molar-refractivity contribution in [1.82, 2.24) is 0 Å². The predicted molar refractivity (Wildman–Crippen MR) is 52.4 cm³/mol. The highest BCUT2D eigenvalue weighted by molar-refractivity contribution is 7.99. The van der Waals surface area contributed by atoms with Gasteiger partial charge in [-0.05, 0) is 49.0 Å². The Morgan fingerprint density at radius 1 is 1.67 bits per heavy atom. The van der Waals surface area contributed by atoms with Crippen LogP contribution < -0.4 is 0 Å². The summed E-state index contributed by atoms with van der Waals surface area (Å²) >= 11 is 2.08. The largest absolute Gasteiger partial charge is 0.300 e. The van der Waals surface area contributed by atoms with Gasteiger partial charge in [0.1, 0.15) is 5.78 Å². The molecule has 0 N–H and O–H groups in total. The van der Waals surface area contributed by atoms with Crippen LogP contribution in [-0.4, -0.2) is 17.3 Å². The summed E-state index contributed by atoms with van der Waals surface area (Å²) in [5.41, 5.74) is 0.620. The molecule has 68 valence electrons. The van der Waals surface area contributed by atoms with E-state index in [0.717, 1.165) is 12.3 Å². The first-order valence-electron chi connectivity index (χ1n) is 4.80. The molecule has 1 saturated heterocycles. The second kappa shape index (κ2) is 3.06. The van der Waals surface area contributed by atoms with E-state index in [1.54, 1.807) is 6.92 Å². The molecule has 1 heterocycles. The van der Waals surface area contributed by atoms with Crippen LogP contribution in [0.3, 0.4) is 0 Å². The molecule has 2 heteroatoms. The average molecular weight is 184 g/mol. The molecule has 2 aliphatic rings. The first kappa shape index (κ1) is 8.61. The topological polar surface area (TPSA) is 17.1 Å². The maximum absolute atomic E-state index is 10.9. The minimum atomic E-state index is 0.382. The molecule has 0 aromatic rings. The molecule has 0 aromatic carbocycles. The SMILES string of the molecule is CC(=O)CC1CC12CCCSC2. The Balaban J connectivity index is 1.86. The van der Waals surface area contributed by atoms with Gasteiger partial charge in [0.05, 0.1) is 0 Å². The Bertz CT molecular complexity index is 194. The van der Waals surface area contributed by atoms with E-state index < -0.39 is 0 Å². The van der Waals surface area contributed by atoms with E-state index in [4.69, 9.17) is 0 Å². The molecule has 2 atom stereocenters. The fraction of sp³-hybridized carbons (Fsp3) is 0.900. The predicted octanol–water partition coefficient (Wildman–Crippen LogP) is 2.50. The van der Waals surface area contributed by atoms with Gasteiger partial charge in [0.15, 0.2) is 0 Å². The van der Waals surface area contributed by atoms with Crippen molar-refractivity contribution in [3.05, 3.63) is 0 Å². The lowest BCUT2D eigenvalue weighted by atomic mass is 9.97. The Morgan fingerprint density at radius 2 is 2.50 bits per heavy atom. The molecule has 2 rings (SSSR count). The second-order valence-electron chi connectivity index (χ2n) is 4.33. The van der Waals surface area contributed by atoms with Gasteiger partial charge >= 0.3 is 0 Å². The van der Waals surface area contributed by atoms with Crippen molar-refractivity contribution in [3.63, 3.8) is 0 Å². The van der Waals surface area contributed by atoms with Gasteiger partial charge in [0, 0.05) is 6.42 Å². The van der Waals surface area contributed by atoms with Crippen molar-refractivity contribution in [2.75, 3.05) is 11.5 Å². The van der Waals surface area contributed by atoms with Crippen molar-refractivity contribution in [3.8, 4) is 0 Å². The smallest absolute Gasteiger partial charge is 0.130 e. The third kappa shape index (κ3) is 1.54. The summed E-state index contributed by atoms with van der Waals surface area (Å²) in [5, 5.41) is 0. The van der Waals surface area contributed by atoms with Crippen LogP contribution in [0, 0.1) is 11.3 Å². The molecule has 0 amide bonds. The highest BCUT2D eigenvalue weighted by Gasteiger charge is 2.53. The number of carbonyl (C=O) groups is 1. The van der Waals surface area contributed by atoms with E-state index in [9.17, 15) is 4.79 Å². The van der Waals surface area contributed by atoms with Crippen molar-refractivity contribution in [2.24, 2.45) is 11.3 Å². The fourth-order valence-electron chi connectivity index (χ4n) is 2.42. The first-order chi connectivity index (χ1) is 5.73. The van der Waals surface area contributed by atoms with Gasteiger partial charge in [-0.25, -0.2) is 0 Å². The summed E-state index contributed by atoms with van der Waals surface area (Å²) < 4.78 is 0. The van der Waals surface area contributed by atoms with Crippen LogP contribution in [-0.2, 0) is 4.79 Å². The molecule has 0 aromatic heterocycles. The van der Waals surface area contributed by atoms with Gasteiger partial charge in [-0.3, -0.25) is 0 Å². The number of rotatable bonds is 2. The molecular weight excluding hydrogens is 168 g/mol. The van der Waals surface area contributed by atoms with Crippen molar-refractivity contribution in [1.29, 1.82) is 0 Å². The summed E-state index contributed by atoms with van der Waals surface area (Å²) in [5.74, 6) is 3.80. The number of hydrogen-bond donors (Lipinski definition) is 0.